The van der Waals surface area contributed by atoms with E-state index in [1.807, 2.05) is 36.4 Å². The van der Waals surface area contributed by atoms with E-state index in [-0.39, 0.29) is 29.2 Å². The zero-order chi connectivity index (χ0) is 28.9. The van der Waals surface area contributed by atoms with Crippen LogP contribution in [0.25, 0.3) is 0 Å². The molecule has 210 valence electrons. The van der Waals surface area contributed by atoms with Crippen molar-refractivity contribution < 1.29 is 14.7 Å². The van der Waals surface area contributed by atoms with Crippen LogP contribution in [0.1, 0.15) is 94.4 Å². The number of rotatable bonds is 16. The fourth-order valence-corrected chi connectivity index (χ4v) is 6.02. The Morgan fingerprint density at radius 3 is 2.03 bits per heavy atom. The first-order chi connectivity index (χ1) is 18.7. The molecule has 3 nitrogen and oxygen atoms in total. The Kier molecular flexibility index (Phi) is 13.2. The normalized spacial score (nSPS) is 15.5. The summed E-state index contributed by atoms with van der Waals surface area (Å²) in [6.07, 6.45) is 9.92. The van der Waals surface area contributed by atoms with Crippen LogP contribution in [0.15, 0.2) is 90.6 Å². The van der Waals surface area contributed by atoms with Gasteiger partial charge in [-0.15, -0.1) is 0 Å². The lowest BCUT2D eigenvalue weighted by atomic mass is 9.65. The van der Waals surface area contributed by atoms with Crippen LogP contribution in [0.2, 0.25) is 0 Å². The maximum atomic E-state index is 14.5. The van der Waals surface area contributed by atoms with E-state index in [0.717, 1.165) is 24.8 Å². The lowest BCUT2D eigenvalue weighted by molar-refractivity contribution is 0.0738. The highest BCUT2D eigenvalue weighted by atomic mass is 16.3. The Bertz CT molecular complexity index is 1140. The fourth-order valence-electron chi connectivity index (χ4n) is 6.02. The molecule has 0 amide bonds. The Morgan fingerprint density at radius 1 is 0.872 bits per heavy atom. The van der Waals surface area contributed by atoms with Crippen molar-refractivity contribution in [3.63, 3.8) is 0 Å². The SMILES string of the molecule is C=C/C=C\C(=C(\C)CC)C(C(CC)C(=O)c1ccccc1)[C@@H](CC(C)C(CC)CC)C(=O)c1cccc(O)c1. The summed E-state index contributed by atoms with van der Waals surface area (Å²) in [7, 11) is 0. The third-order valence-corrected chi connectivity index (χ3v) is 8.44. The summed E-state index contributed by atoms with van der Waals surface area (Å²) in [5.41, 5.74) is 3.38. The van der Waals surface area contributed by atoms with Crippen LogP contribution in [0.4, 0.5) is 0 Å². The van der Waals surface area contributed by atoms with Crippen molar-refractivity contribution in [3.05, 3.63) is 102 Å². The molecule has 2 aromatic carbocycles. The quantitative estimate of drug-likeness (QED) is 0.174. The number of aromatic hydroxyl groups is 1. The summed E-state index contributed by atoms with van der Waals surface area (Å²) in [6, 6.07) is 16.1. The molecule has 0 aromatic heterocycles. The predicted molar refractivity (Wildman–Crippen MR) is 164 cm³/mol. The Hall–Kier alpha value is -3.20. The van der Waals surface area contributed by atoms with Crippen LogP contribution in [0, 0.1) is 29.6 Å². The molecular weight excluding hydrogens is 480 g/mol. The second-order valence-corrected chi connectivity index (χ2v) is 10.8. The minimum absolute atomic E-state index is 0.0126. The second kappa shape index (κ2) is 16.0. The minimum Gasteiger partial charge on any atom is -0.508 e. The van der Waals surface area contributed by atoms with Gasteiger partial charge in [-0.05, 0) is 55.7 Å². The van der Waals surface area contributed by atoms with E-state index in [1.54, 1.807) is 30.3 Å². The van der Waals surface area contributed by atoms with Gasteiger partial charge in [-0.2, -0.15) is 0 Å². The standard InChI is InChI=1S/C36H48O3/c1-8-13-22-32(25(6)9-2)34(31(12-5)35(38)28-18-15-14-16-19-28)33(23-26(7)27(10-3)11-4)36(39)29-20-17-21-30(37)24-29/h8,13-22,24,26-27,31,33-34,37H,1,9-12,23H2,2-7H3/b22-13-,32-25+/t26?,31?,33-,34?/m1/s1. The highest BCUT2D eigenvalue weighted by molar-refractivity contribution is 6.01. The highest BCUT2D eigenvalue weighted by Crippen LogP contribution is 2.42. The second-order valence-electron chi connectivity index (χ2n) is 10.8. The number of Topliss-reactive ketones (excluding diaryl/α,β-unsaturated/α-hetero) is 2. The van der Waals surface area contributed by atoms with Crippen LogP contribution in [0.3, 0.4) is 0 Å². The minimum atomic E-state index is -0.425. The maximum absolute atomic E-state index is 14.5. The van der Waals surface area contributed by atoms with Crippen molar-refractivity contribution in [3.8, 4) is 5.75 Å². The monoisotopic (exact) mass is 528 g/mol. The number of phenols is 1. The molecule has 0 heterocycles. The van der Waals surface area contributed by atoms with Gasteiger partial charge in [0.1, 0.15) is 5.75 Å². The molecule has 0 fully saturated rings. The van der Waals surface area contributed by atoms with Gasteiger partial charge < -0.3 is 5.11 Å². The molecule has 1 N–H and O–H groups in total. The molecular formula is C36H48O3. The van der Waals surface area contributed by atoms with Crippen molar-refractivity contribution in [1.82, 2.24) is 0 Å². The Balaban J connectivity index is 2.84. The van der Waals surface area contributed by atoms with Gasteiger partial charge in [0.15, 0.2) is 11.6 Å². The molecule has 0 saturated heterocycles. The van der Waals surface area contributed by atoms with Crippen molar-refractivity contribution >= 4 is 11.6 Å². The molecule has 2 rings (SSSR count). The predicted octanol–water partition coefficient (Wildman–Crippen LogP) is 9.65. The van der Waals surface area contributed by atoms with E-state index in [0.29, 0.717) is 35.8 Å². The number of phenolic OH excluding ortho intramolecular Hbond substituents is 1. The first kappa shape index (κ1) is 32.0. The van der Waals surface area contributed by atoms with Crippen LogP contribution < -0.4 is 0 Å². The van der Waals surface area contributed by atoms with Gasteiger partial charge in [0.2, 0.25) is 0 Å². The van der Waals surface area contributed by atoms with Crippen LogP contribution >= 0.6 is 0 Å². The number of ketones is 2. The third-order valence-electron chi connectivity index (χ3n) is 8.44. The smallest absolute Gasteiger partial charge is 0.166 e. The molecule has 0 saturated carbocycles. The molecule has 2 aromatic rings. The Labute approximate surface area is 236 Å². The van der Waals surface area contributed by atoms with E-state index >= 15 is 0 Å². The van der Waals surface area contributed by atoms with Gasteiger partial charge in [-0.3, -0.25) is 9.59 Å². The topological polar surface area (TPSA) is 54.4 Å². The van der Waals surface area contributed by atoms with Crippen molar-refractivity contribution in [2.45, 2.75) is 73.6 Å². The number of benzene rings is 2. The number of carbonyl (C=O) groups is 2. The van der Waals surface area contributed by atoms with E-state index in [4.69, 9.17) is 0 Å². The maximum Gasteiger partial charge on any atom is 0.166 e. The number of hydrogen-bond donors (Lipinski definition) is 1. The summed E-state index contributed by atoms with van der Waals surface area (Å²) >= 11 is 0. The third kappa shape index (κ3) is 8.39. The van der Waals surface area contributed by atoms with Gasteiger partial charge in [-0.25, -0.2) is 0 Å². The van der Waals surface area contributed by atoms with E-state index < -0.39 is 5.92 Å². The fraction of sp³-hybridized carbons (Fsp3) is 0.444. The number of allylic oxidation sites excluding steroid dienone is 5. The van der Waals surface area contributed by atoms with Crippen LogP contribution in [-0.2, 0) is 0 Å². The molecule has 3 unspecified atom stereocenters. The molecule has 0 bridgehead atoms. The molecule has 0 radical (unpaired) electrons. The lowest BCUT2D eigenvalue weighted by Gasteiger charge is -2.37. The zero-order valence-corrected chi connectivity index (χ0v) is 24.8. The van der Waals surface area contributed by atoms with Gasteiger partial charge in [0, 0.05) is 28.9 Å². The largest absolute Gasteiger partial charge is 0.508 e. The highest BCUT2D eigenvalue weighted by Gasteiger charge is 2.41. The zero-order valence-electron chi connectivity index (χ0n) is 24.8. The lowest BCUT2D eigenvalue weighted by Crippen LogP contribution is -2.37. The number of hydrogen-bond acceptors (Lipinski definition) is 3. The Morgan fingerprint density at radius 2 is 1.49 bits per heavy atom. The van der Waals surface area contributed by atoms with Crippen molar-refractivity contribution in [2.75, 3.05) is 0 Å². The summed E-state index contributed by atoms with van der Waals surface area (Å²) < 4.78 is 0. The van der Waals surface area contributed by atoms with Gasteiger partial charge in [0.05, 0.1) is 0 Å². The molecule has 0 aliphatic heterocycles. The average Bonchev–Trinajstić information content (AvgIpc) is 2.96. The number of carbonyl (C=O) groups excluding carboxylic acids is 2. The molecule has 0 spiro atoms. The van der Waals surface area contributed by atoms with E-state index in [9.17, 15) is 14.7 Å². The van der Waals surface area contributed by atoms with E-state index in [1.165, 1.54) is 5.57 Å². The summed E-state index contributed by atoms with van der Waals surface area (Å²) in [5, 5.41) is 10.2. The van der Waals surface area contributed by atoms with Crippen molar-refractivity contribution in [1.29, 1.82) is 0 Å². The van der Waals surface area contributed by atoms with E-state index in [2.05, 4.69) is 54.2 Å². The summed E-state index contributed by atoms with van der Waals surface area (Å²) in [4.78, 5) is 28.6. The van der Waals surface area contributed by atoms with Gasteiger partial charge in [0.25, 0.3) is 0 Å². The molecule has 4 atom stereocenters. The van der Waals surface area contributed by atoms with Crippen molar-refractivity contribution in [2.24, 2.45) is 29.6 Å². The first-order valence-electron chi connectivity index (χ1n) is 14.6. The first-order valence-corrected chi connectivity index (χ1v) is 14.6. The molecule has 3 heteroatoms. The summed E-state index contributed by atoms with van der Waals surface area (Å²) in [6.45, 7) is 16.8. The van der Waals surface area contributed by atoms with Gasteiger partial charge >= 0.3 is 0 Å². The van der Waals surface area contributed by atoms with Crippen LogP contribution in [-0.4, -0.2) is 16.7 Å². The average molecular weight is 529 g/mol. The molecule has 0 aliphatic carbocycles. The van der Waals surface area contributed by atoms with Gasteiger partial charge in [-0.1, -0.05) is 120 Å². The summed E-state index contributed by atoms with van der Waals surface area (Å²) in [5.74, 6) is -0.205. The molecule has 0 aliphatic rings. The van der Waals surface area contributed by atoms with Crippen LogP contribution in [0.5, 0.6) is 5.75 Å². The molecule has 39 heavy (non-hydrogen) atoms.